The number of carbonyl (C=O) groups is 1. The number of amides is 1. The molecule has 1 saturated heterocycles. The molecule has 0 aromatic carbocycles. The van der Waals surface area contributed by atoms with E-state index in [0.717, 1.165) is 19.4 Å². The van der Waals surface area contributed by atoms with Crippen molar-refractivity contribution in [2.45, 2.75) is 52.6 Å². The van der Waals surface area contributed by atoms with Crippen molar-refractivity contribution in [1.82, 2.24) is 14.5 Å². The molecule has 0 spiro atoms. The molecule has 1 aliphatic heterocycles. The Labute approximate surface area is 125 Å². The first-order valence-corrected chi connectivity index (χ1v) is 7.62. The summed E-state index contributed by atoms with van der Waals surface area (Å²) in [6, 6.07) is 0.388. The van der Waals surface area contributed by atoms with Gasteiger partial charge in [0.05, 0.1) is 0 Å². The van der Waals surface area contributed by atoms with Crippen molar-refractivity contribution < 1.29 is 4.79 Å². The van der Waals surface area contributed by atoms with Gasteiger partial charge < -0.3 is 9.47 Å². The molecule has 1 amide bonds. The van der Waals surface area contributed by atoms with Gasteiger partial charge in [-0.25, -0.2) is 4.98 Å². The number of halogens is 1. The maximum Gasteiger partial charge on any atom is 0.242 e. The number of aromatic nitrogens is 2. The lowest BCUT2D eigenvalue weighted by atomic mass is 9.65. The molecule has 2 atom stereocenters. The van der Waals surface area contributed by atoms with Gasteiger partial charge in [-0.2, -0.15) is 0 Å². The lowest BCUT2D eigenvalue weighted by Crippen LogP contribution is -2.39. The van der Waals surface area contributed by atoms with Gasteiger partial charge in [0, 0.05) is 25.0 Å². The van der Waals surface area contributed by atoms with Crippen LogP contribution in [0.3, 0.4) is 0 Å². The Morgan fingerprint density at radius 1 is 1.45 bits per heavy atom. The van der Waals surface area contributed by atoms with E-state index in [-0.39, 0.29) is 11.3 Å². The molecule has 3 rings (SSSR count). The van der Waals surface area contributed by atoms with Crippen LogP contribution in [0.1, 0.15) is 40.0 Å². The number of carbonyl (C=O) groups excluding carboxylic acids is 1. The number of rotatable bonds is 2. The number of nitrogens with zero attached hydrogens (tertiary/aromatic N) is 3. The van der Waals surface area contributed by atoms with Gasteiger partial charge in [0.25, 0.3) is 0 Å². The summed E-state index contributed by atoms with van der Waals surface area (Å²) in [5, 5.41) is 0.382. The third kappa shape index (κ3) is 2.46. The summed E-state index contributed by atoms with van der Waals surface area (Å²) in [5.41, 5.74) is 0.611. The largest absolute Gasteiger partial charge is 0.338 e. The van der Waals surface area contributed by atoms with Crippen molar-refractivity contribution in [3.8, 4) is 0 Å². The van der Waals surface area contributed by atoms with Crippen LogP contribution in [-0.4, -0.2) is 32.9 Å². The second-order valence-corrected chi connectivity index (χ2v) is 7.90. The Morgan fingerprint density at radius 2 is 2.20 bits per heavy atom. The molecule has 1 aromatic heterocycles. The van der Waals surface area contributed by atoms with E-state index in [1.54, 1.807) is 17.0 Å². The van der Waals surface area contributed by atoms with Crippen LogP contribution in [0.4, 0.5) is 0 Å². The van der Waals surface area contributed by atoms with Crippen LogP contribution in [-0.2, 0) is 11.3 Å². The first-order valence-electron chi connectivity index (χ1n) is 7.24. The third-order valence-electron chi connectivity index (χ3n) is 4.71. The molecule has 2 heterocycles. The summed E-state index contributed by atoms with van der Waals surface area (Å²) in [4.78, 5) is 18.6. The van der Waals surface area contributed by atoms with Gasteiger partial charge in [0.2, 0.25) is 11.2 Å². The van der Waals surface area contributed by atoms with Crippen molar-refractivity contribution in [3.63, 3.8) is 0 Å². The normalized spacial score (nSPS) is 31.6. The van der Waals surface area contributed by atoms with E-state index >= 15 is 0 Å². The number of imidazole rings is 1. The first-order chi connectivity index (χ1) is 9.28. The van der Waals surface area contributed by atoms with Gasteiger partial charge in [-0.05, 0) is 41.7 Å². The molecule has 20 heavy (non-hydrogen) atoms. The summed E-state index contributed by atoms with van der Waals surface area (Å²) in [5.74, 6) is 0.163. The minimum absolute atomic E-state index is 0.163. The fourth-order valence-corrected chi connectivity index (χ4v) is 4.59. The lowest BCUT2D eigenvalue weighted by Gasteiger charge is -2.39. The SMILES string of the molecule is CC1(C)CC2CC(C)(CN2C(=O)Cn2ccnc2Cl)C1. The Morgan fingerprint density at radius 3 is 2.85 bits per heavy atom. The molecule has 1 aromatic rings. The van der Waals surface area contributed by atoms with Crippen LogP contribution < -0.4 is 0 Å². The zero-order valence-electron chi connectivity index (χ0n) is 12.4. The van der Waals surface area contributed by atoms with Gasteiger partial charge >= 0.3 is 0 Å². The molecule has 1 aliphatic carbocycles. The number of hydrogen-bond donors (Lipinski definition) is 0. The fraction of sp³-hybridized carbons (Fsp3) is 0.733. The van der Waals surface area contributed by atoms with E-state index in [9.17, 15) is 4.79 Å². The van der Waals surface area contributed by atoms with Crippen LogP contribution in [0, 0.1) is 10.8 Å². The molecule has 2 aliphatic rings. The van der Waals surface area contributed by atoms with E-state index in [0.29, 0.717) is 23.3 Å². The summed E-state index contributed by atoms with van der Waals surface area (Å²) in [6.07, 6.45) is 6.83. The average Bonchev–Trinajstić information content (AvgIpc) is 2.79. The van der Waals surface area contributed by atoms with Crippen molar-refractivity contribution >= 4 is 17.5 Å². The second kappa shape index (κ2) is 4.48. The first kappa shape index (κ1) is 13.9. The third-order valence-corrected chi connectivity index (χ3v) is 5.02. The van der Waals surface area contributed by atoms with Gasteiger partial charge in [-0.1, -0.05) is 20.8 Å². The molecular formula is C15H22ClN3O. The highest BCUT2D eigenvalue weighted by molar-refractivity contribution is 6.28. The Kier molecular flexibility index (Phi) is 3.12. The van der Waals surface area contributed by atoms with Crippen molar-refractivity contribution in [2.75, 3.05) is 6.54 Å². The summed E-state index contributed by atoms with van der Waals surface area (Å²) in [7, 11) is 0. The molecule has 0 N–H and O–H groups in total. The maximum atomic E-state index is 12.6. The topological polar surface area (TPSA) is 38.1 Å². The van der Waals surface area contributed by atoms with Crippen LogP contribution in [0.2, 0.25) is 5.28 Å². The highest BCUT2D eigenvalue weighted by atomic mass is 35.5. The Balaban J connectivity index is 1.75. The van der Waals surface area contributed by atoms with Crippen molar-refractivity contribution in [1.29, 1.82) is 0 Å². The second-order valence-electron chi connectivity index (χ2n) is 7.56. The Hall–Kier alpha value is -1.03. The molecule has 5 heteroatoms. The minimum atomic E-state index is 0.163. The predicted molar refractivity (Wildman–Crippen MR) is 78.5 cm³/mol. The highest BCUT2D eigenvalue weighted by Gasteiger charge is 2.50. The number of likely N-dealkylation sites (tertiary alicyclic amines) is 1. The van der Waals surface area contributed by atoms with E-state index in [1.807, 2.05) is 0 Å². The minimum Gasteiger partial charge on any atom is -0.338 e. The van der Waals surface area contributed by atoms with Crippen LogP contribution in [0.25, 0.3) is 0 Å². The molecule has 110 valence electrons. The lowest BCUT2D eigenvalue weighted by molar-refractivity contribution is -0.133. The van der Waals surface area contributed by atoms with Crippen molar-refractivity contribution in [3.05, 3.63) is 17.7 Å². The molecule has 0 radical (unpaired) electrons. The summed E-state index contributed by atoms with van der Waals surface area (Å²) in [6.45, 7) is 8.13. The number of fused-ring (bicyclic) bond motifs is 2. The summed E-state index contributed by atoms with van der Waals surface area (Å²) >= 11 is 5.96. The van der Waals surface area contributed by atoms with Gasteiger partial charge in [-0.3, -0.25) is 4.79 Å². The van der Waals surface area contributed by atoms with Gasteiger partial charge in [-0.15, -0.1) is 0 Å². The van der Waals surface area contributed by atoms with E-state index in [2.05, 4.69) is 30.7 Å². The monoisotopic (exact) mass is 295 g/mol. The molecule has 2 bridgehead atoms. The quantitative estimate of drug-likeness (QED) is 0.841. The van der Waals surface area contributed by atoms with Crippen LogP contribution in [0.5, 0.6) is 0 Å². The molecule has 2 unspecified atom stereocenters. The fourth-order valence-electron chi connectivity index (χ4n) is 4.42. The average molecular weight is 296 g/mol. The summed E-state index contributed by atoms with van der Waals surface area (Å²) < 4.78 is 1.71. The van der Waals surface area contributed by atoms with E-state index in [4.69, 9.17) is 11.6 Å². The van der Waals surface area contributed by atoms with Crippen LogP contribution in [0.15, 0.2) is 12.4 Å². The van der Waals surface area contributed by atoms with Crippen LogP contribution >= 0.6 is 11.6 Å². The standard InChI is InChI=1S/C15H22ClN3O/c1-14(2)6-11-7-15(3,9-14)10-19(11)12(20)8-18-5-4-17-13(18)16/h4-5,11H,6-10H2,1-3H3. The molecule has 2 fully saturated rings. The van der Waals surface area contributed by atoms with Gasteiger partial charge in [0.15, 0.2) is 0 Å². The van der Waals surface area contributed by atoms with Crippen molar-refractivity contribution in [2.24, 2.45) is 10.8 Å². The molecular weight excluding hydrogens is 274 g/mol. The van der Waals surface area contributed by atoms with E-state index in [1.165, 1.54) is 6.42 Å². The highest BCUT2D eigenvalue weighted by Crippen LogP contribution is 2.52. The molecule has 4 nitrogen and oxygen atoms in total. The zero-order valence-corrected chi connectivity index (χ0v) is 13.2. The molecule has 1 saturated carbocycles. The van der Waals surface area contributed by atoms with Gasteiger partial charge in [0.1, 0.15) is 6.54 Å². The van der Waals surface area contributed by atoms with E-state index < -0.39 is 0 Å². The predicted octanol–water partition coefficient (Wildman–Crippen LogP) is 2.96. The zero-order chi connectivity index (χ0) is 14.5. The number of hydrogen-bond acceptors (Lipinski definition) is 2. The maximum absolute atomic E-state index is 12.6. The smallest absolute Gasteiger partial charge is 0.242 e. The Bertz CT molecular complexity index is 539.